The standard InChI is InChI=1S/C8H7ClO.C2H5NO2/c1-6(10)7-2-4-8(9)5-3-7;1-2(4)3-5/h2-5H,1H3;5H,1H3,(H,3,4). The van der Waals surface area contributed by atoms with Crippen molar-refractivity contribution in [1.82, 2.24) is 5.48 Å². The lowest BCUT2D eigenvalue weighted by atomic mass is 10.2. The van der Waals surface area contributed by atoms with Crippen LogP contribution in [0.2, 0.25) is 5.02 Å². The van der Waals surface area contributed by atoms with Crippen LogP contribution in [0.1, 0.15) is 24.2 Å². The van der Waals surface area contributed by atoms with Crippen molar-refractivity contribution >= 4 is 23.3 Å². The summed E-state index contributed by atoms with van der Waals surface area (Å²) in [6.45, 7) is 2.75. The summed E-state index contributed by atoms with van der Waals surface area (Å²) in [6.07, 6.45) is 0. The highest BCUT2D eigenvalue weighted by molar-refractivity contribution is 6.30. The molecule has 0 heterocycles. The first-order valence-corrected chi connectivity index (χ1v) is 4.52. The first kappa shape index (κ1) is 13.6. The Morgan fingerprint density at radius 2 is 1.60 bits per heavy atom. The molecule has 0 saturated carbocycles. The topological polar surface area (TPSA) is 66.4 Å². The molecule has 0 aliphatic heterocycles. The van der Waals surface area contributed by atoms with Crippen LogP contribution in [-0.2, 0) is 4.79 Å². The number of ketones is 1. The number of benzene rings is 1. The zero-order chi connectivity index (χ0) is 11.8. The van der Waals surface area contributed by atoms with E-state index in [1.165, 1.54) is 19.3 Å². The van der Waals surface area contributed by atoms with Crippen molar-refractivity contribution in [2.24, 2.45) is 0 Å². The first-order chi connectivity index (χ1) is 6.97. The number of hydrogen-bond donors (Lipinski definition) is 2. The molecule has 5 heteroatoms. The third kappa shape index (κ3) is 6.65. The molecule has 1 aromatic carbocycles. The van der Waals surface area contributed by atoms with Gasteiger partial charge in [0.05, 0.1) is 0 Å². The summed E-state index contributed by atoms with van der Waals surface area (Å²) in [4.78, 5) is 20.2. The lowest BCUT2D eigenvalue weighted by Crippen LogP contribution is -2.12. The van der Waals surface area contributed by atoms with E-state index in [4.69, 9.17) is 16.8 Å². The number of rotatable bonds is 1. The minimum Gasteiger partial charge on any atom is -0.295 e. The largest absolute Gasteiger partial charge is 0.295 e. The average molecular weight is 230 g/mol. The van der Waals surface area contributed by atoms with E-state index in [-0.39, 0.29) is 5.78 Å². The monoisotopic (exact) mass is 229 g/mol. The van der Waals surface area contributed by atoms with E-state index in [1.54, 1.807) is 24.3 Å². The van der Waals surface area contributed by atoms with E-state index in [9.17, 15) is 9.59 Å². The van der Waals surface area contributed by atoms with E-state index in [0.29, 0.717) is 10.6 Å². The van der Waals surface area contributed by atoms with E-state index in [2.05, 4.69) is 0 Å². The molecule has 4 nitrogen and oxygen atoms in total. The Morgan fingerprint density at radius 1 is 1.20 bits per heavy atom. The number of hydrogen-bond acceptors (Lipinski definition) is 3. The van der Waals surface area contributed by atoms with Gasteiger partial charge in [0.1, 0.15) is 0 Å². The zero-order valence-corrected chi connectivity index (χ0v) is 9.21. The molecular formula is C10H12ClNO3. The highest BCUT2D eigenvalue weighted by Crippen LogP contribution is 2.09. The average Bonchev–Trinajstić information content (AvgIpc) is 2.19. The van der Waals surface area contributed by atoms with E-state index in [0.717, 1.165) is 0 Å². The summed E-state index contributed by atoms with van der Waals surface area (Å²) < 4.78 is 0. The lowest BCUT2D eigenvalue weighted by Gasteiger charge is -1.92. The number of carbonyl (C=O) groups excluding carboxylic acids is 2. The van der Waals surface area contributed by atoms with Crippen LogP contribution in [0.4, 0.5) is 0 Å². The summed E-state index contributed by atoms with van der Waals surface area (Å²) in [5.74, 6) is -0.373. The zero-order valence-electron chi connectivity index (χ0n) is 8.45. The van der Waals surface area contributed by atoms with Crippen LogP contribution in [0.5, 0.6) is 0 Å². The number of amides is 1. The second-order valence-electron chi connectivity index (χ2n) is 2.73. The van der Waals surface area contributed by atoms with Crippen molar-refractivity contribution in [3.63, 3.8) is 0 Å². The van der Waals surface area contributed by atoms with Crippen LogP contribution in [0.3, 0.4) is 0 Å². The van der Waals surface area contributed by atoms with Gasteiger partial charge < -0.3 is 0 Å². The normalized spacial score (nSPS) is 8.53. The fourth-order valence-corrected chi connectivity index (χ4v) is 0.811. The van der Waals surface area contributed by atoms with Gasteiger partial charge in [0.15, 0.2) is 5.78 Å². The molecular weight excluding hydrogens is 218 g/mol. The molecule has 0 unspecified atom stereocenters. The quantitative estimate of drug-likeness (QED) is 0.440. The van der Waals surface area contributed by atoms with Crippen LogP contribution in [0.25, 0.3) is 0 Å². The van der Waals surface area contributed by atoms with E-state index in [1.807, 2.05) is 0 Å². The van der Waals surface area contributed by atoms with Gasteiger partial charge in [0.25, 0.3) is 0 Å². The fraction of sp³-hybridized carbons (Fsp3) is 0.200. The van der Waals surface area contributed by atoms with Gasteiger partial charge in [-0.2, -0.15) is 0 Å². The summed E-state index contributed by atoms with van der Waals surface area (Å²) in [5.41, 5.74) is 2.09. The molecule has 1 rings (SSSR count). The third-order valence-corrected chi connectivity index (χ3v) is 1.66. The molecule has 1 amide bonds. The predicted octanol–water partition coefficient (Wildman–Crippen LogP) is 2.05. The van der Waals surface area contributed by atoms with Crippen molar-refractivity contribution in [3.05, 3.63) is 34.9 Å². The second kappa shape index (κ2) is 6.98. The third-order valence-electron chi connectivity index (χ3n) is 1.41. The molecule has 15 heavy (non-hydrogen) atoms. The summed E-state index contributed by atoms with van der Waals surface area (Å²) in [7, 11) is 0. The Labute approximate surface area is 92.8 Å². The van der Waals surface area contributed by atoms with Gasteiger partial charge in [0.2, 0.25) is 5.91 Å². The van der Waals surface area contributed by atoms with Gasteiger partial charge in [0, 0.05) is 17.5 Å². The number of nitrogens with one attached hydrogen (secondary N) is 1. The van der Waals surface area contributed by atoms with Gasteiger partial charge >= 0.3 is 0 Å². The summed E-state index contributed by atoms with van der Waals surface area (Å²) in [5, 5.41) is 8.20. The Balaban J connectivity index is 0.000000336. The summed E-state index contributed by atoms with van der Waals surface area (Å²) in [6, 6.07) is 6.84. The van der Waals surface area contributed by atoms with Crippen molar-refractivity contribution in [1.29, 1.82) is 0 Å². The Bertz CT molecular complexity index is 335. The Morgan fingerprint density at radius 3 is 1.87 bits per heavy atom. The predicted molar refractivity (Wildman–Crippen MR) is 57.1 cm³/mol. The van der Waals surface area contributed by atoms with Crippen LogP contribution >= 0.6 is 11.6 Å². The molecule has 0 spiro atoms. The van der Waals surface area contributed by atoms with Crippen molar-refractivity contribution in [3.8, 4) is 0 Å². The second-order valence-corrected chi connectivity index (χ2v) is 3.17. The number of carbonyl (C=O) groups is 2. The highest BCUT2D eigenvalue weighted by atomic mass is 35.5. The van der Waals surface area contributed by atoms with Gasteiger partial charge in [-0.05, 0) is 31.2 Å². The van der Waals surface area contributed by atoms with Gasteiger partial charge in [-0.25, -0.2) is 5.48 Å². The molecule has 0 saturated heterocycles. The van der Waals surface area contributed by atoms with Gasteiger partial charge in [-0.1, -0.05) is 11.6 Å². The van der Waals surface area contributed by atoms with Gasteiger partial charge in [-0.3, -0.25) is 14.8 Å². The van der Waals surface area contributed by atoms with Crippen molar-refractivity contribution in [2.45, 2.75) is 13.8 Å². The van der Waals surface area contributed by atoms with Crippen molar-refractivity contribution in [2.75, 3.05) is 0 Å². The molecule has 0 atom stereocenters. The first-order valence-electron chi connectivity index (χ1n) is 4.14. The number of hydroxylamine groups is 1. The molecule has 82 valence electrons. The fourth-order valence-electron chi connectivity index (χ4n) is 0.685. The van der Waals surface area contributed by atoms with Gasteiger partial charge in [-0.15, -0.1) is 0 Å². The van der Waals surface area contributed by atoms with E-state index >= 15 is 0 Å². The van der Waals surface area contributed by atoms with Crippen molar-refractivity contribution < 1.29 is 14.8 Å². The molecule has 1 aromatic rings. The molecule has 0 aliphatic rings. The van der Waals surface area contributed by atoms with Crippen LogP contribution < -0.4 is 5.48 Å². The Hall–Kier alpha value is -1.39. The molecule has 0 bridgehead atoms. The van der Waals surface area contributed by atoms with Crippen LogP contribution in [0, 0.1) is 0 Å². The molecule has 0 radical (unpaired) electrons. The van der Waals surface area contributed by atoms with E-state index < -0.39 is 5.91 Å². The number of halogens is 1. The van der Waals surface area contributed by atoms with Crippen LogP contribution in [-0.4, -0.2) is 16.9 Å². The molecule has 0 aromatic heterocycles. The minimum absolute atomic E-state index is 0.0664. The number of Topliss-reactive ketones (excluding diaryl/α,β-unsaturated/α-hetero) is 1. The SMILES string of the molecule is CC(=O)NO.CC(=O)c1ccc(Cl)cc1. The molecule has 2 N–H and O–H groups in total. The maximum atomic E-state index is 10.7. The summed E-state index contributed by atoms with van der Waals surface area (Å²) >= 11 is 5.61. The van der Waals surface area contributed by atoms with Crippen LogP contribution in [0.15, 0.2) is 24.3 Å². The Kier molecular flexibility index (Phi) is 6.33. The maximum Gasteiger partial charge on any atom is 0.240 e. The molecule has 0 fully saturated rings. The minimum atomic E-state index is -0.440. The lowest BCUT2D eigenvalue weighted by molar-refractivity contribution is -0.126. The highest BCUT2D eigenvalue weighted by Gasteiger charge is 1.95. The maximum absolute atomic E-state index is 10.7. The molecule has 0 aliphatic carbocycles. The smallest absolute Gasteiger partial charge is 0.240 e.